The maximum absolute atomic E-state index is 16.0. The van der Waals surface area contributed by atoms with Gasteiger partial charge in [0, 0.05) is 58.6 Å². The summed E-state index contributed by atoms with van der Waals surface area (Å²) in [6.45, 7) is 0. The van der Waals surface area contributed by atoms with Crippen molar-refractivity contribution in [2.24, 2.45) is 0 Å². The van der Waals surface area contributed by atoms with Gasteiger partial charge in [0.2, 0.25) is 0 Å². The fraction of sp³-hybridized carbons (Fsp3) is 0.111. The van der Waals surface area contributed by atoms with Crippen molar-refractivity contribution in [2.45, 2.75) is 37.5 Å². The molecule has 1 fully saturated rings. The average Bonchev–Trinajstić information content (AvgIpc) is 3.69. The number of thiophene rings is 1. The van der Waals surface area contributed by atoms with Crippen molar-refractivity contribution < 1.29 is 4.57 Å². The van der Waals surface area contributed by atoms with E-state index in [1.807, 2.05) is 60.7 Å². The molecule has 9 aromatic rings. The van der Waals surface area contributed by atoms with Crippen molar-refractivity contribution in [3.05, 3.63) is 217 Å². The Balaban J connectivity index is 1.08. The molecule has 1 heterocycles. The molecule has 1 aliphatic rings. The summed E-state index contributed by atoms with van der Waals surface area (Å²) in [6, 6.07) is 73.3. The lowest BCUT2D eigenvalue weighted by atomic mass is 9.65. The summed E-state index contributed by atoms with van der Waals surface area (Å²) < 4.78 is 18.3. The molecule has 0 bridgehead atoms. The molecule has 4 heteroatoms. The van der Waals surface area contributed by atoms with Gasteiger partial charge in [-0.3, -0.25) is 0 Å². The van der Waals surface area contributed by atoms with Crippen LogP contribution in [0.1, 0.15) is 43.2 Å². The quantitative estimate of drug-likeness (QED) is 0.136. The molecule has 0 aliphatic heterocycles. The second-order valence-corrected chi connectivity index (χ2v) is 19.3. The number of benzene rings is 8. The third-order valence-electron chi connectivity index (χ3n) is 12.2. The second-order valence-electron chi connectivity index (χ2n) is 15.5. The minimum atomic E-state index is -3.25. The van der Waals surface area contributed by atoms with Crippen LogP contribution in [0.4, 0.5) is 17.1 Å². The molecule has 0 saturated heterocycles. The van der Waals surface area contributed by atoms with Gasteiger partial charge in [0.1, 0.15) is 0 Å². The van der Waals surface area contributed by atoms with Gasteiger partial charge in [-0.2, -0.15) is 0 Å². The normalized spacial score (nSPS) is 14.1. The van der Waals surface area contributed by atoms with Crippen LogP contribution in [-0.2, 0) is 9.98 Å². The Kier molecular flexibility index (Phi) is 9.66. The van der Waals surface area contributed by atoms with Crippen LogP contribution >= 0.6 is 18.5 Å². The van der Waals surface area contributed by atoms with Gasteiger partial charge >= 0.3 is 0 Å². The minimum Gasteiger partial charge on any atom is -0.311 e. The molecule has 0 spiro atoms. The van der Waals surface area contributed by atoms with Crippen LogP contribution in [-0.4, -0.2) is 0 Å². The van der Waals surface area contributed by atoms with Crippen molar-refractivity contribution >= 4 is 71.6 Å². The standard InChI is InChI=1S/C54H44NOPS/c56-57(47-22-10-3-11-23-47,48-24-12-4-13-25-48)51-39-41(38-50-49-26-14-15-27-52(49)58-53(50)51)40-28-30-42(31-29-40)54(36-16-5-17-37-54)43-32-34-46(35-33-43)55(44-18-6-1-7-19-44)45-20-8-2-9-21-45/h1-4,6-15,18-35,38-39H,5,16-17,36-37H2. The Morgan fingerprint density at radius 3 is 1.50 bits per heavy atom. The van der Waals surface area contributed by atoms with Crippen molar-refractivity contribution in [1.82, 2.24) is 0 Å². The number of para-hydroxylation sites is 2. The van der Waals surface area contributed by atoms with E-state index in [4.69, 9.17) is 0 Å². The van der Waals surface area contributed by atoms with Crippen molar-refractivity contribution in [3.8, 4) is 11.1 Å². The summed E-state index contributed by atoms with van der Waals surface area (Å²) in [5, 5.41) is 4.99. The molecule has 1 aromatic heterocycles. The molecule has 0 amide bonds. The van der Waals surface area contributed by atoms with Gasteiger partial charge in [-0.15, -0.1) is 11.3 Å². The van der Waals surface area contributed by atoms with Gasteiger partial charge in [-0.25, -0.2) is 0 Å². The van der Waals surface area contributed by atoms with Crippen molar-refractivity contribution in [3.63, 3.8) is 0 Å². The van der Waals surface area contributed by atoms with Crippen LogP contribution in [0.15, 0.2) is 206 Å². The summed E-state index contributed by atoms with van der Waals surface area (Å²) in [5.41, 5.74) is 8.35. The van der Waals surface area contributed by atoms with Crippen molar-refractivity contribution in [1.29, 1.82) is 0 Å². The van der Waals surface area contributed by atoms with E-state index in [0.29, 0.717) is 0 Å². The topological polar surface area (TPSA) is 20.3 Å². The molecular weight excluding hydrogens is 742 g/mol. The lowest BCUT2D eigenvalue weighted by Gasteiger charge is -2.39. The summed E-state index contributed by atoms with van der Waals surface area (Å²) in [6.07, 6.45) is 5.95. The SMILES string of the molecule is O=P(c1ccccc1)(c1ccccc1)c1cc(-c2ccc(C3(c4ccc(N(c5ccccc5)c5ccccc5)cc4)CCCCC3)cc2)cc2c1sc1ccccc12. The maximum atomic E-state index is 16.0. The third-order valence-corrected chi connectivity index (χ3v) is 16.7. The number of hydrogen-bond acceptors (Lipinski definition) is 3. The van der Waals surface area contributed by atoms with E-state index in [1.165, 1.54) is 40.5 Å². The molecular formula is C54H44NOPS. The van der Waals surface area contributed by atoms with Crippen LogP contribution in [0.25, 0.3) is 31.3 Å². The van der Waals surface area contributed by atoms with Gasteiger partial charge in [0.15, 0.2) is 7.14 Å². The molecule has 0 N–H and O–H groups in total. The maximum Gasteiger partial charge on any atom is 0.172 e. The van der Waals surface area contributed by atoms with Gasteiger partial charge in [0.05, 0.1) is 0 Å². The highest BCUT2D eigenvalue weighted by atomic mass is 32.1. The van der Waals surface area contributed by atoms with Crippen LogP contribution < -0.4 is 20.8 Å². The van der Waals surface area contributed by atoms with Gasteiger partial charge < -0.3 is 9.46 Å². The van der Waals surface area contributed by atoms with Crippen LogP contribution in [0.3, 0.4) is 0 Å². The zero-order valence-corrected chi connectivity index (χ0v) is 34.1. The Hall–Kier alpha value is -5.99. The smallest absolute Gasteiger partial charge is 0.172 e. The van der Waals surface area contributed by atoms with E-state index in [-0.39, 0.29) is 5.41 Å². The summed E-state index contributed by atoms with van der Waals surface area (Å²) in [7, 11) is -3.25. The Bertz CT molecular complexity index is 2780. The monoisotopic (exact) mass is 785 g/mol. The minimum absolute atomic E-state index is 0.0609. The van der Waals surface area contributed by atoms with E-state index in [9.17, 15) is 0 Å². The van der Waals surface area contributed by atoms with Gasteiger partial charge in [-0.1, -0.05) is 171 Å². The highest BCUT2D eigenvalue weighted by Gasteiger charge is 2.36. The third kappa shape index (κ3) is 6.40. The number of hydrogen-bond donors (Lipinski definition) is 0. The Morgan fingerprint density at radius 2 is 0.931 bits per heavy atom. The number of rotatable bonds is 9. The summed E-state index contributed by atoms with van der Waals surface area (Å²) >= 11 is 1.75. The number of anilines is 3. The Labute approximate surface area is 345 Å². The van der Waals surface area contributed by atoms with E-state index < -0.39 is 7.14 Å². The first-order valence-electron chi connectivity index (χ1n) is 20.4. The summed E-state index contributed by atoms with van der Waals surface area (Å²) in [5.74, 6) is 0. The second kappa shape index (κ2) is 15.4. The fourth-order valence-electron chi connectivity index (χ4n) is 9.32. The molecule has 1 saturated carbocycles. The number of nitrogens with zero attached hydrogens (tertiary/aromatic N) is 1. The largest absolute Gasteiger partial charge is 0.311 e. The predicted octanol–water partition coefficient (Wildman–Crippen LogP) is 14.1. The van der Waals surface area contributed by atoms with E-state index in [1.54, 1.807) is 11.3 Å². The molecule has 0 unspecified atom stereocenters. The predicted molar refractivity (Wildman–Crippen MR) is 249 cm³/mol. The zero-order chi connectivity index (χ0) is 38.9. The first-order valence-corrected chi connectivity index (χ1v) is 22.9. The lowest BCUT2D eigenvalue weighted by molar-refractivity contribution is 0.346. The molecule has 8 aromatic carbocycles. The lowest BCUT2D eigenvalue weighted by Crippen LogP contribution is -2.30. The first-order chi connectivity index (χ1) is 28.6. The molecule has 0 atom stereocenters. The molecule has 1 aliphatic carbocycles. The van der Waals surface area contributed by atoms with Crippen molar-refractivity contribution in [2.75, 3.05) is 4.90 Å². The molecule has 2 nitrogen and oxygen atoms in total. The van der Waals surface area contributed by atoms with E-state index >= 15 is 4.57 Å². The molecule has 58 heavy (non-hydrogen) atoms. The van der Waals surface area contributed by atoms with Crippen LogP contribution in [0, 0.1) is 0 Å². The Morgan fingerprint density at radius 1 is 0.448 bits per heavy atom. The van der Waals surface area contributed by atoms with E-state index in [0.717, 1.165) is 67.0 Å². The van der Waals surface area contributed by atoms with Crippen LogP contribution in [0.2, 0.25) is 0 Å². The molecule has 282 valence electrons. The van der Waals surface area contributed by atoms with Crippen LogP contribution in [0.5, 0.6) is 0 Å². The molecule has 0 radical (unpaired) electrons. The highest BCUT2D eigenvalue weighted by Crippen LogP contribution is 2.50. The molecule has 10 rings (SSSR count). The average molecular weight is 786 g/mol. The van der Waals surface area contributed by atoms with E-state index in [2.05, 4.69) is 150 Å². The zero-order valence-electron chi connectivity index (χ0n) is 32.4. The first kappa shape index (κ1) is 36.4. The highest BCUT2D eigenvalue weighted by molar-refractivity contribution is 7.86. The van der Waals surface area contributed by atoms with Gasteiger partial charge in [-0.05, 0) is 89.7 Å². The number of fused-ring (bicyclic) bond motifs is 3. The fourth-order valence-corrected chi connectivity index (χ4v) is 13.7. The summed E-state index contributed by atoms with van der Waals surface area (Å²) in [4.78, 5) is 2.34. The van der Waals surface area contributed by atoms with Gasteiger partial charge in [0.25, 0.3) is 0 Å².